The summed E-state index contributed by atoms with van der Waals surface area (Å²) in [7, 11) is -5.22. The number of sulfonamides is 2. The average molecular weight is 1450 g/mol. The van der Waals surface area contributed by atoms with Gasteiger partial charge in [0.1, 0.15) is 58.0 Å². The number of nitrogens with one attached hydrogen (secondary N) is 7. The number of hydrogen-bond donors (Lipinski definition) is 9. The number of allylic oxidation sites excluding steroid dienone is 2. The van der Waals surface area contributed by atoms with Crippen molar-refractivity contribution < 1.29 is 88.8 Å². The molecule has 2 aromatic rings. The molecule has 4 fully saturated rings. The first-order valence-corrected chi connectivity index (χ1v) is 36.6. The van der Waals surface area contributed by atoms with E-state index in [0.29, 0.717) is 49.9 Å². The molecule has 0 bridgehead atoms. The van der Waals surface area contributed by atoms with Crippen molar-refractivity contribution in [2.24, 2.45) is 17.0 Å². The van der Waals surface area contributed by atoms with Crippen LogP contribution in [-0.4, -0.2) is 194 Å². The lowest BCUT2D eigenvalue weighted by molar-refractivity contribution is -0.145. The van der Waals surface area contributed by atoms with Gasteiger partial charge in [0, 0.05) is 63.4 Å². The Bertz CT molecular complexity index is 3410. The number of hydrogen-bond acceptors (Lipinski definition) is 18. The first-order chi connectivity index (χ1) is 46.0. The van der Waals surface area contributed by atoms with Crippen LogP contribution in [0.4, 0.5) is 21.0 Å². The standard InChI is InChI=1S/C32H45N5O9S.C24H37N3O7.C8H10N2O3S.CH2Cl2/c1-31(2,3)46-30(42)34-24-16-12-7-5-6-9-13-21-18-32(21,35-27(39)25-17-23(45-4)19-37(25)28(24)40)29(41)36-47(43,44)20-26(38)33-22-14-10-8-11-15-22;1-23(2,3)34-22(32)25-17-11-9-7-5-6-8-10-15-13-24(15,21(30)31)26-19(28)18-12-16(33-4)14-27(18)20(17)29;9-14(12,13)6-8(11)10-7-4-2-1-3-5-7;2-1-3/h8-11,13-15,21,23-25H,5-7,12,16-20H2,1-4H3,(H,33,38)(H,34,42)(H,35,39)(H,36,41);8,10,15-18H,5-7,9,11-14H2,1-4H3,(H,25,32)(H,26,28)(H,30,31);1-5H,6H2,(H,10,11)(H2,9,12,13);1H2/b13-9-;10-8-;;/t21-,23-,24+,25+,32-;15-,16-,17+,18+,24-;;/m11../s1. The normalized spacial score (nSPS) is 26.6. The first kappa shape index (κ1) is 81.3. The molecule has 10 atom stereocenters. The number of carbonyl (C=O) groups excluding carboxylic acids is 9. The van der Waals surface area contributed by atoms with Crippen molar-refractivity contribution in [3.63, 3.8) is 0 Å². The van der Waals surface area contributed by atoms with Crippen molar-refractivity contribution >= 4 is 114 Å². The van der Waals surface area contributed by atoms with Crippen molar-refractivity contribution in [3.8, 4) is 0 Å². The first-order valence-electron chi connectivity index (χ1n) is 32.2. The second kappa shape index (κ2) is 36.6. The topological polar surface area (TPSA) is 413 Å². The van der Waals surface area contributed by atoms with Gasteiger partial charge in [0.2, 0.25) is 55.5 Å². The van der Waals surface area contributed by atoms with Crippen LogP contribution in [0, 0.1) is 11.8 Å². The molecule has 4 heterocycles. The van der Waals surface area contributed by atoms with Crippen LogP contribution in [0.1, 0.15) is 131 Å². The lowest BCUT2D eigenvalue weighted by Gasteiger charge is -2.30. The second-order valence-corrected chi connectivity index (χ2v) is 30.6. The molecule has 0 radical (unpaired) electrons. The number of para-hydroxylation sites is 2. The summed E-state index contributed by atoms with van der Waals surface area (Å²) in [4.78, 5) is 132. The van der Waals surface area contributed by atoms with E-state index in [1.54, 1.807) is 108 Å². The number of alkyl halides is 2. The number of carboxylic acids is 1. The van der Waals surface area contributed by atoms with Gasteiger partial charge >= 0.3 is 18.2 Å². The SMILES string of the molecule is CO[C@@H]1C[C@H]2C(=O)N[C@]3(C(=O)NS(=O)(=O)CC(=O)Nc4ccccc4)C[C@H]3/C=C\CCCCC[C@H](NC(=O)OC(C)(C)C)C(=O)N2C1.CO[C@@H]1C[C@H]2C(=O)N[C@]3(C(=O)O)C[C@H]3/C=C\CCCCC[C@H](NC(=O)OC(C)(C)C)C(=O)N2C1.ClCCl.NS(=O)(=O)CC(=O)Nc1ccccc1. The number of methoxy groups -OCH3 is 2. The summed E-state index contributed by atoms with van der Waals surface area (Å²) in [5.74, 6) is -8.08. The van der Waals surface area contributed by atoms with Gasteiger partial charge in [-0.1, -0.05) is 86.4 Å². The summed E-state index contributed by atoms with van der Waals surface area (Å²) in [6.45, 7) is 10.6. The Morgan fingerprint density at radius 2 is 1.00 bits per heavy atom. The number of carboxylic acid groups (broad SMARTS) is 1. The number of primary sulfonamides is 1. The molecule has 6 aliphatic rings. The van der Waals surface area contributed by atoms with Gasteiger partial charge in [0.05, 0.1) is 17.5 Å². The highest BCUT2D eigenvalue weighted by atomic mass is 35.5. The van der Waals surface area contributed by atoms with E-state index in [1.165, 1.54) is 24.0 Å². The maximum absolute atomic E-state index is 13.9. The Morgan fingerprint density at radius 1 is 0.612 bits per heavy atom. The van der Waals surface area contributed by atoms with Crippen LogP contribution in [0.25, 0.3) is 0 Å². The molecule has 544 valence electrons. The van der Waals surface area contributed by atoms with Gasteiger partial charge in [-0.05, 0) is 117 Å². The van der Waals surface area contributed by atoms with Gasteiger partial charge in [-0.2, -0.15) is 0 Å². The van der Waals surface area contributed by atoms with Crippen LogP contribution in [0.2, 0.25) is 0 Å². The summed E-state index contributed by atoms with van der Waals surface area (Å²) in [5.41, 5.74) is -3.52. The molecule has 10 N–H and O–H groups in total. The van der Waals surface area contributed by atoms with Crippen LogP contribution < -0.4 is 41.8 Å². The summed E-state index contributed by atoms with van der Waals surface area (Å²) in [6.07, 6.45) is 12.8. The highest BCUT2D eigenvalue weighted by Gasteiger charge is 2.63. The molecular formula is C65H94Cl2N10O19S2. The molecule has 2 saturated heterocycles. The average Bonchev–Trinajstić information content (AvgIpc) is 1.59. The maximum Gasteiger partial charge on any atom is 0.408 e. The van der Waals surface area contributed by atoms with Gasteiger partial charge in [0.15, 0.2) is 0 Å². The Labute approximate surface area is 582 Å². The Kier molecular flexibility index (Phi) is 30.3. The molecule has 8 rings (SSSR count). The van der Waals surface area contributed by atoms with Crippen LogP contribution in [-0.2, 0) is 77.4 Å². The fourth-order valence-electron chi connectivity index (χ4n) is 11.4. The third-order valence-corrected chi connectivity index (χ3v) is 18.1. The van der Waals surface area contributed by atoms with Gasteiger partial charge in [-0.25, -0.2) is 36.4 Å². The molecule has 4 aliphatic heterocycles. The van der Waals surface area contributed by atoms with Gasteiger partial charge in [-0.15, -0.1) is 23.2 Å². The number of halogens is 2. The Morgan fingerprint density at radius 3 is 1.39 bits per heavy atom. The van der Waals surface area contributed by atoms with Crippen molar-refractivity contribution in [2.45, 2.75) is 190 Å². The van der Waals surface area contributed by atoms with Crippen LogP contribution in [0.5, 0.6) is 0 Å². The maximum atomic E-state index is 13.9. The monoisotopic (exact) mass is 1450 g/mol. The molecule has 98 heavy (non-hydrogen) atoms. The largest absolute Gasteiger partial charge is 0.479 e. The smallest absolute Gasteiger partial charge is 0.408 e. The van der Waals surface area contributed by atoms with E-state index < -0.39 is 150 Å². The van der Waals surface area contributed by atoms with Crippen molar-refractivity contribution in [1.82, 2.24) is 35.8 Å². The van der Waals surface area contributed by atoms with E-state index in [0.717, 1.165) is 32.1 Å². The second-order valence-electron chi connectivity index (χ2n) is 26.5. The molecule has 0 aromatic heterocycles. The number of nitrogens with zero attached hydrogens (tertiary/aromatic N) is 2. The highest BCUT2D eigenvalue weighted by Crippen LogP contribution is 2.47. The lowest BCUT2D eigenvalue weighted by Crippen LogP contribution is -2.58. The number of alkyl carbamates (subject to hydrolysis) is 2. The van der Waals surface area contributed by atoms with E-state index in [-0.39, 0.29) is 49.7 Å². The molecule has 0 unspecified atom stereocenters. The van der Waals surface area contributed by atoms with Crippen LogP contribution in [0.3, 0.4) is 0 Å². The van der Waals surface area contributed by atoms with Gasteiger partial charge in [0.25, 0.3) is 5.91 Å². The van der Waals surface area contributed by atoms with E-state index >= 15 is 0 Å². The molecule has 2 aromatic carbocycles. The zero-order valence-electron chi connectivity index (χ0n) is 56.5. The summed E-state index contributed by atoms with van der Waals surface area (Å²) in [6, 6.07) is 13.1. The van der Waals surface area contributed by atoms with E-state index in [9.17, 15) is 69.9 Å². The summed E-state index contributed by atoms with van der Waals surface area (Å²) in [5, 5.41) is 30.4. The van der Waals surface area contributed by atoms with Crippen molar-refractivity contribution in [1.29, 1.82) is 0 Å². The number of ether oxygens (including phenoxy) is 4. The fourth-order valence-corrected chi connectivity index (χ4v) is 12.8. The molecule has 9 amide bonds. The third-order valence-electron chi connectivity index (χ3n) is 16.3. The highest BCUT2D eigenvalue weighted by molar-refractivity contribution is 7.90. The number of nitrogens with two attached hydrogens (primary N) is 1. The number of anilines is 2. The van der Waals surface area contributed by atoms with E-state index in [4.69, 9.17) is 47.3 Å². The molecule has 2 aliphatic carbocycles. The number of amides is 9. The Hall–Kier alpha value is -7.42. The predicted octanol–water partition coefficient (Wildman–Crippen LogP) is 5.29. The number of fused-ring (bicyclic) bond motifs is 4. The minimum atomic E-state index is -4.44. The number of benzene rings is 2. The van der Waals surface area contributed by atoms with Crippen molar-refractivity contribution in [3.05, 3.63) is 85.0 Å². The molecule has 33 heteroatoms. The molecular weight excluding hydrogens is 1360 g/mol. The van der Waals surface area contributed by atoms with Crippen LogP contribution >= 0.6 is 23.2 Å². The number of aliphatic carboxylic acids is 1. The molecule has 29 nitrogen and oxygen atoms in total. The third kappa shape index (κ3) is 26.0. The quantitative estimate of drug-likeness (QED) is 0.0909. The van der Waals surface area contributed by atoms with Gasteiger partial charge < -0.3 is 65.8 Å². The van der Waals surface area contributed by atoms with E-state index in [1.807, 2.05) is 23.0 Å². The fraction of sp³-hybridized carbons (Fsp3) is 0.600. The summed E-state index contributed by atoms with van der Waals surface area (Å²) >= 11 is 9.53. The molecule has 0 spiro atoms. The zero-order chi connectivity index (χ0) is 72.8. The molecule has 2 saturated carbocycles. The minimum absolute atomic E-state index is 0.0767. The van der Waals surface area contributed by atoms with E-state index in [2.05, 4.69) is 31.9 Å². The van der Waals surface area contributed by atoms with Crippen LogP contribution in [0.15, 0.2) is 85.0 Å². The van der Waals surface area contributed by atoms with Gasteiger partial charge in [-0.3, -0.25) is 38.3 Å². The minimum Gasteiger partial charge on any atom is -0.479 e. The Balaban J connectivity index is 0.000000294. The predicted molar refractivity (Wildman–Crippen MR) is 365 cm³/mol. The zero-order valence-corrected chi connectivity index (χ0v) is 59.6. The number of carbonyl (C=O) groups is 10. The van der Waals surface area contributed by atoms with Crippen molar-refractivity contribution in [2.75, 3.05) is 54.8 Å². The number of rotatable bonds is 13. The lowest BCUT2D eigenvalue weighted by atomic mass is 10.0. The summed E-state index contributed by atoms with van der Waals surface area (Å²) < 4.78 is 70.6.